The summed E-state index contributed by atoms with van der Waals surface area (Å²) in [7, 11) is -2.94. The van der Waals surface area contributed by atoms with Gasteiger partial charge in [0.05, 0.1) is 11.5 Å². The van der Waals surface area contributed by atoms with Gasteiger partial charge in [0.15, 0.2) is 15.6 Å². The van der Waals surface area contributed by atoms with Crippen molar-refractivity contribution in [3.05, 3.63) is 0 Å². The molecule has 0 saturated carbocycles. The van der Waals surface area contributed by atoms with Gasteiger partial charge in [-0.25, -0.2) is 8.42 Å². The molecule has 0 N–H and O–H groups in total. The molecule has 13 heavy (non-hydrogen) atoms. The van der Waals surface area contributed by atoms with Crippen molar-refractivity contribution in [1.82, 2.24) is 0 Å². The number of rotatable bonds is 4. The van der Waals surface area contributed by atoms with Crippen molar-refractivity contribution in [2.75, 3.05) is 24.7 Å². The van der Waals surface area contributed by atoms with Gasteiger partial charge in [-0.15, -0.1) is 0 Å². The van der Waals surface area contributed by atoms with Crippen LogP contribution in [0.1, 0.15) is 13.3 Å². The molecule has 1 atom stereocenters. The molecule has 1 rings (SSSR count). The summed E-state index contributed by atoms with van der Waals surface area (Å²) in [6.07, 6.45) is 0.467. The Balaban J connectivity index is 2.42. The predicted molar refractivity (Wildman–Crippen MR) is 48.3 cm³/mol. The summed E-state index contributed by atoms with van der Waals surface area (Å²) in [6.45, 7) is 2.35. The van der Waals surface area contributed by atoms with Crippen LogP contribution in [0.4, 0.5) is 0 Å². The molecule has 1 saturated heterocycles. The second kappa shape index (κ2) is 4.19. The Labute approximate surface area is 78.2 Å². The van der Waals surface area contributed by atoms with Gasteiger partial charge in [-0.1, -0.05) is 0 Å². The van der Waals surface area contributed by atoms with E-state index in [9.17, 15) is 13.2 Å². The van der Waals surface area contributed by atoms with Crippen LogP contribution in [0, 0.1) is 5.92 Å². The Hall–Kier alpha value is -0.420. The van der Waals surface area contributed by atoms with E-state index in [1.165, 1.54) is 0 Å². The zero-order valence-corrected chi connectivity index (χ0v) is 8.47. The number of hydrogen-bond donors (Lipinski definition) is 0. The molecule has 1 heterocycles. The SMILES string of the molecule is CCOCC(=O)C1CCS(=O)(=O)C1. The van der Waals surface area contributed by atoms with E-state index in [0.717, 1.165) is 0 Å². The van der Waals surface area contributed by atoms with Crippen LogP contribution in [-0.2, 0) is 19.4 Å². The predicted octanol–water partition coefficient (Wildman–Crippen LogP) is 0.0267. The molecule has 0 amide bonds. The molecule has 5 heteroatoms. The van der Waals surface area contributed by atoms with Gasteiger partial charge in [0, 0.05) is 12.5 Å². The van der Waals surface area contributed by atoms with Gasteiger partial charge in [-0.3, -0.25) is 4.79 Å². The van der Waals surface area contributed by atoms with E-state index in [1.54, 1.807) is 6.92 Å². The topological polar surface area (TPSA) is 60.4 Å². The third-order valence-corrected chi connectivity index (χ3v) is 3.90. The minimum atomic E-state index is -2.94. The van der Waals surface area contributed by atoms with E-state index >= 15 is 0 Å². The van der Waals surface area contributed by atoms with Gasteiger partial charge in [0.2, 0.25) is 0 Å². The molecule has 0 aromatic heterocycles. The highest BCUT2D eigenvalue weighted by molar-refractivity contribution is 7.91. The Bertz CT molecular complexity index is 281. The lowest BCUT2D eigenvalue weighted by Crippen LogP contribution is -2.20. The van der Waals surface area contributed by atoms with E-state index in [-0.39, 0.29) is 29.8 Å². The van der Waals surface area contributed by atoms with E-state index in [4.69, 9.17) is 4.74 Å². The molecular weight excluding hydrogens is 192 g/mol. The Morgan fingerprint density at radius 3 is 2.69 bits per heavy atom. The van der Waals surface area contributed by atoms with Crippen molar-refractivity contribution in [2.24, 2.45) is 5.92 Å². The quantitative estimate of drug-likeness (QED) is 0.651. The van der Waals surface area contributed by atoms with Crippen molar-refractivity contribution >= 4 is 15.6 Å². The third kappa shape index (κ3) is 3.08. The minimum Gasteiger partial charge on any atom is -0.374 e. The summed E-state index contributed by atoms with van der Waals surface area (Å²) in [6, 6.07) is 0. The second-order valence-corrected chi connectivity index (χ2v) is 5.43. The van der Waals surface area contributed by atoms with Crippen LogP contribution in [0.5, 0.6) is 0 Å². The van der Waals surface area contributed by atoms with Gasteiger partial charge >= 0.3 is 0 Å². The highest BCUT2D eigenvalue weighted by atomic mass is 32.2. The second-order valence-electron chi connectivity index (χ2n) is 3.20. The monoisotopic (exact) mass is 206 g/mol. The first kappa shape index (κ1) is 10.7. The molecule has 0 bridgehead atoms. The lowest BCUT2D eigenvalue weighted by atomic mass is 10.1. The normalized spacial score (nSPS) is 26.1. The van der Waals surface area contributed by atoms with Gasteiger partial charge in [0.25, 0.3) is 0 Å². The summed E-state index contributed by atoms with van der Waals surface area (Å²) >= 11 is 0. The maximum absolute atomic E-state index is 11.3. The summed E-state index contributed by atoms with van der Waals surface area (Å²) in [5, 5.41) is 0. The average molecular weight is 206 g/mol. The van der Waals surface area contributed by atoms with Gasteiger partial charge < -0.3 is 4.74 Å². The molecule has 0 aromatic rings. The first-order valence-electron chi connectivity index (χ1n) is 4.36. The fraction of sp³-hybridized carbons (Fsp3) is 0.875. The maximum atomic E-state index is 11.3. The molecule has 1 aliphatic rings. The minimum absolute atomic E-state index is 0.0128. The number of carbonyl (C=O) groups excluding carboxylic acids is 1. The molecule has 0 aromatic carbocycles. The molecule has 4 nitrogen and oxygen atoms in total. The van der Waals surface area contributed by atoms with Crippen molar-refractivity contribution in [2.45, 2.75) is 13.3 Å². The van der Waals surface area contributed by atoms with E-state index in [2.05, 4.69) is 0 Å². The summed E-state index contributed by atoms with van der Waals surface area (Å²) < 4.78 is 27.0. The van der Waals surface area contributed by atoms with Crippen molar-refractivity contribution in [1.29, 1.82) is 0 Å². The zero-order chi connectivity index (χ0) is 9.90. The Morgan fingerprint density at radius 2 is 2.23 bits per heavy atom. The van der Waals surface area contributed by atoms with Crippen molar-refractivity contribution in [3.8, 4) is 0 Å². The Kier molecular flexibility index (Phi) is 3.44. The number of hydrogen-bond acceptors (Lipinski definition) is 4. The van der Waals surface area contributed by atoms with Crippen LogP contribution in [0.25, 0.3) is 0 Å². The number of ketones is 1. The molecule has 0 spiro atoms. The van der Waals surface area contributed by atoms with Crippen molar-refractivity contribution in [3.63, 3.8) is 0 Å². The van der Waals surface area contributed by atoms with E-state index in [0.29, 0.717) is 13.0 Å². The number of carbonyl (C=O) groups is 1. The average Bonchev–Trinajstić information content (AvgIpc) is 2.42. The van der Waals surface area contributed by atoms with Crippen LogP contribution in [0.2, 0.25) is 0 Å². The molecule has 0 radical (unpaired) electrons. The third-order valence-electron chi connectivity index (χ3n) is 2.14. The van der Waals surface area contributed by atoms with Crippen LogP contribution in [0.3, 0.4) is 0 Å². The van der Waals surface area contributed by atoms with E-state index < -0.39 is 9.84 Å². The highest BCUT2D eigenvalue weighted by Crippen LogP contribution is 2.19. The number of ether oxygens (including phenoxy) is 1. The molecular formula is C8H14O4S. The van der Waals surface area contributed by atoms with Crippen molar-refractivity contribution < 1.29 is 17.9 Å². The molecule has 1 fully saturated rings. The Morgan fingerprint density at radius 1 is 1.54 bits per heavy atom. The first-order chi connectivity index (χ1) is 6.05. The zero-order valence-electron chi connectivity index (χ0n) is 7.65. The fourth-order valence-corrected chi connectivity index (χ4v) is 3.15. The van der Waals surface area contributed by atoms with Crippen LogP contribution < -0.4 is 0 Å². The van der Waals surface area contributed by atoms with Gasteiger partial charge in [-0.2, -0.15) is 0 Å². The summed E-state index contributed by atoms with van der Waals surface area (Å²) in [4.78, 5) is 11.3. The number of Topliss-reactive ketones (excluding diaryl/α,β-unsaturated/α-hetero) is 1. The summed E-state index contributed by atoms with van der Waals surface area (Å²) in [5.41, 5.74) is 0. The fourth-order valence-electron chi connectivity index (χ4n) is 1.37. The van der Waals surface area contributed by atoms with Gasteiger partial charge in [-0.05, 0) is 13.3 Å². The smallest absolute Gasteiger partial charge is 0.162 e. The van der Waals surface area contributed by atoms with E-state index in [1.807, 2.05) is 0 Å². The lowest BCUT2D eigenvalue weighted by molar-refractivity contribution is -0.126. The number of sulfone groups is 1. The van der Waals surface area contributed by atoms with Crippen LogP contribution in [0.15, 0.2) is 0 Å². The highest BCUT2D eigenvalue weighted by Gasteiger charge is 2.32. The largest absolute Gasteiger partial charge is 0.374 e. The molecule has 1 aliphatic heterocycles. The maximum Gasteiger partial charge on any atom is 0.162 e. The van der Waals surface area contributed by atoms with Crippen LogP contribution >= 0.6 is 0 Å². The lowest BCUT2D eigenvalue weighted by Gasteiger charge is -2.05. The van der Waals surface area contributed by atoms with Gasteiger partial charge in [0.1, 0.15) is 6.61 Å². The molecule has 1 unspecified atom stereocenters. The standard InChI is InChI=1S/C8H14O4S/c1-2-12-5-8(9)7-3-4-13(10,11)6-7/h7H,2-6H2,1H3. The summed E-state index contributed by atoms with van der Waals surface area (Å²) in [5.74, 6) is -0.242. The van der Waals surface area contributed by atoms with Crippen LogP contribution in [-0.4, -0.2) is 38.9 Å². The molecule has 76 valence electrons. The first-order valence-corrected chi connectivity index (χ1v) is 6.18. The molecule has 0 aliphatic carbocycles.